The molecular formula is C10H19N3. The molecule has 0 aromatic rings. The minimum atomic E-state index is 0.435. The summed E-state index contributed by atoms with van der Waals surface area (Å²) in [7, 11) is 2.19. The lowest BCUT2D eigenvalue weighted by atomic mass is 10.2. The van der Waals surface area contributed by atoms with Gasteiger partial charge in [0.2, 0.25) is 0 Å². The summed E-state index contributed by atoms with van der Waals surface area (Å²) < 4.78 is 0. The first-order valence-electron chi connectivity index (χ1n) is 5.24. The Kier molecular flexibility index (Phi) is 2.86. The fraction of sp³-hybridized carbons (Fsp3) is 0.800. The second-order valence-corrected chi connectivity index (χ2v) is 3.93. The van der Waals surface area contributed by atoms with Crippen LogP contribution in [0.1, 0.15) is 19.3 Å². The van der Waals surface area contributed by atoms with Crippen LogP contribution in [-0.2, 0) is 0 Å². The van der Waals surface area contributed by atoms with E-state index in [2.05, 4.69) is 34.4 Å². The molecule has 1 fully saturated rings. The topological polar surface area (TPSA) is 18.5 Å². The van der Waals surface area contributed by atoms with E-state index in [0.717, 1.165) is 6.54 Å². The van der Waals surface area contributed by atoms with Crippen LogP contribution in [0, 0.1) is 0 Å². The highest BCUT2D eigenvalue weighted by molar-refractivity contribution is 4.90. The minimum Gasteiger partial charge on any atom is -0.350 e. The van der Waals surface area contributed by atoms with Crippen LogP contribution in [0.15, 0.2) is 12.3 Å². The number of allylic oxidation sites excluding steroid dienone is 1. The maximum Gasteiger partial charge on any atom is 0.136 e. The summed E-state index contributed by atoms with van der Waals surface area (Å²) >= 11 is 0. The van der Waals surface area contributed by atoms with Gasteiger partial charge in [-0.2, -0.15) is 0 Å². The largest absolute Gasteiger partial charge is 0.350 e. The lowest BCUT2D eigenvalue weighted by Gasteiger charge is -2.42. The van der Waals surface area contributed by atoms with Crippen LogP contribution >= 0.6 is 0 Å². The number of hydrogen-bond acceptors (Lipinski definition) is 3. The number of nitrogens with zero attached hydrogens (tertiary/aromatic N) is 2. The van der Waals surface area contributed by atoms with Crippen LogP contribution in [0.2, 0.25) is 0 Å². The Morgan fingerprint density at radius 1 is 1.31 bits per heavy atom. The van der Waals surface area contributed by atoms with Crippen molar-refractivity contribution in [3.05, 3.63) is 12.3 Å². The van der Waals surface area contributed by atoms with Gasteiger partial charge in [-0.25, -0.2) is 0 Å². The summed E-state index contributed by atoms with van der Waals surface area (Å²) in [6.45, 7) is 3.54. The van der Waals surface area contributed by atoms with Gasteiger partial charge in [-0.05, 0) is 39.1 Å². The van der Waals surface area contributed by atoms with Crippen LogP contribution in [0.5, 0.6) is 0 Å². The second-order valence-electron chi connectivity index (χ2n) is 3.93. The van der Waals surface area contributed by atoms with Crippen LogP contribution in [0.4, 0.5) is 0 Å². The Bertz CT molecular complexity index is 191. The molecule has 0 aromatic carbocycles. The Balaban J connectivity index is 2.06. The molecule has 2 aliphatic rings. The fourth-order valence-electron chi connectivity index (χ4n) is 2.09. The Labute approximate surface area is 80.4 Å². The number of nitrogens with one attached hydrogen (secondary N) is 1. The van der Waals surface area contributed by atoms with Crippen LogP contribution in [0.25, 0.3) is 0 Å². The van der Waals surface area contributed by atoms with Crippen molar-refractivity contribution in [2.75, 3.05) is 26.7 Å². The molecule has 0 saturated carbocycles. The highest BCUT2D eigenvalue weighted by atomic mass is 15.5. The first-order valence-corrected chi connectivity index (χ1v) is 5.24. The van der Waals surface area contributed by atoms with Crippen molar-refractivity contribution in [1.82, 2.24) is 15.1 Å². The maximum atomic E-state index is 3.57. The maximum absolute atomic E-state index is 3.57. The van der Waals surface area contributed by atoms with E-state index < -0.39 is 0 Å². The van der Waals surface area contributed by atoms with Crippen molar-refractivity contribution in [2.24, 2.45) is 0 Å². The molecular weight excluding hydrogens is 162 g/mol. The van der Waals surface area contributed by atoms with Crippen molar-refractivity contribution in [1.29, 1.82) is 0 Å². The third-order valence-electron chi connectivity index (χ3n) is 2.83. The van der Waals surface area contributed by atoms with E-state index >= 15 is 0 Å². The molecule has 3 heteroatoms. The molecule has 1 atom stereocenters. The fourth-order valence-corrected chi connectivity index (χ4v) is 2.09. The predicted molar refractivity (Wildman–Crippen MR) is 54.1 cm³/mol. The molecule has 3 nitrogen and oxygen atoms in total. The van der Waals surface area contributed by atoms with Gasteiger partial charge in [-0.1, -0.05) is 6.08 Å². The van der Waals surface area contributed by atoms with Gasteiger partial charge in [-0.3, -0.25) is 10.2 Å². The van der Waals surface area contributed by atoms with Crippen molar-refractivity contribution in [3.8, 4) is 0 Å². The van der Waals surface area contributed by atoms with Gasteiger partial charge in [-0.15, -0.1) is 0 Å². The predicted octanol–water partition coefficient (Wildman–Crippen LogP) is 0.805. The van der Waals surface area contributed by atoms with E-state index in [0.29, 0.717) is 6.29 Å². The highest BCUT2D eigenvalue weighted by Crippen LogP contribution is 2.12. The first-order chi connectivity index (χ1) is 6.38. The van der Waals surface area contributed by atoms with Crippen LogP contribution in [-0.4, -0.2) is 42.8 Å². The zero-order valence-electron chi connectivity index (χ0n) is 8.37. The molecule has 0 radical (unpaired) electrons. The molecule has 0 aromatic heterocycles. The number of fused-ring (bicyclic) bond motifs is 1. The summed E-state index contributed by atoms with van der Waals surface area (Å²) in [6, 6.07) is 0. The molecule has 74 valence electrons. The van der Waals surface area contributed by atoms with Gasteiger partial charge < -0.3 is 4.90 Å². The normalized spacial score (nSPS) is 33.3. The van der Waals surface area contributed by atoms with E-state index in [1.54, 1.807) is 0 Å². The van der Waals surface area contributed by atoms with Gasteiger partial charge in [0, 0.05) is 13.1 Å². The summed E-state index contributed by atoms with van der Waals surface area (Å²) in [6.07, 6.45) is 8.73. The third-order valence-corrected chi connectivity index (χ3v) is 2.83. The van der Waals surface area contributed by atoms with Crippen molar-refractivity contribution in [2.45, 2.75) is 25.6 Å². The minimum absolute atomic E-state index is 0.435. The number of rotatable bonds is 0. The molecule has 2 aliphatic heterocycles. The zero-order chi connectivity index (χ0) is 9.10. The molecule has 13 heavy (non-hydrogen) atoms. The average Bonchev–Trinajstić information content (AvgIpc) is 2.07. The summed E-state index contributed by atoms with van der Waals surface area (Å²) in [5.41, 5.74) is 0. The second kappa shape index (κ2) is 4.11. The van der Waals surface area contributed by atoms with E-state index in [1.807, 2.05) is 0 Å². The van der Waals surface area contributed by atoms with Crippen LogP contribution in [0.3, 0.4) is 0 Å². The van der Waals surface area contributed by atoms with Gasteiger partial charge in [0.05, 0.1) is 0 Å². The van der Waals surface area contributed by atoms with Gasteiger partial charge >= 0.3 is 0 Å². The van der Waals surface area contributed by atoms with E-state index in [-0.39, 0.29) is 0 Å². The molecule has 0 aliphatic carbocycles. The SMILES string of the molecule is CN1CCCN2/C=C/CCCNC12. The molecule has 1 saturated heterocycles. The Hall–Kier alpha value is -0.540. The lowest BCUT2D eigenvalue weighted by molar-refractivity contribution is 0.0314. The Morgan fingerprint density at radius 3 is 3.15 bits per heavy atom. The quantitative estimate of drug-likeness (QED) is 0.596. The number of hydrogen-bond donors (Lipinski definition) is 1. The van der Waals surface area contributed by atoms with Crippen LogP contribution < -0.4 is 5.32 Å². The molecule has 2 heterocycles. The molecule has 0 amide bonds. The zero-order valence-corrected chi connectivity index (χ0v) is 8.37. The molecule has 1 N–H and O–H groups in total. The highest BCUT2D eigenvalue weighted by Gasteiger charge is 2.23. The first kappa shape index (κ1) is 9.03. The molecule has 1 unspecified atom stereocenters. The molecule has 0 spiro atoms. The molecule has 2 rings (SSSR count). The van der Waals surface area contributed by atoms with E-state index in [4.69, 9.17) is 0 Å². The standard InChI is InChI=1S/C10H19N3/c1-12-7-5-9-13-8-4-2-3-6-11-10(12)13/h4,8,10-11H,2-3,5-7,9H2,1H3/b8-4+. The summed E-state index contributed by atoms with van der Waals surface area (Å²) in [5.74, 6) is 0. The lowest BCUT2D eigenvalue weighted by Crippen LogP contribution is -2.57. The Morgan fingerprint density at radius 2 is 2.23 bits per heavy atom. The summed E-state index contributed by atoms with van der Waals surface area (Å²) in [4.78, 5) is 4.79. The van der Waals surface area contributed by atoms with Crippen molar-refractivity contribution in [3.63, 3.8) is 0 Å². The van der Waals surface area contributed by atoms with Gasteiger partial charge in [0.15, 0.2) is 0 Å². The van der Waals surface area contributed by atoms with Gasteiger partial charge in [0.1, 0.15) is 6.29 Å². The third kappa shape index (κ3) is 2.03. The smallest absolute Gasteiger partial charge is 0.136 e. The van der Waals surface area contributed by atoms with E-state index in [9.17, 15) is 0 Å². The van der Waals surface area contributed by atoms with Gasteiger partial charge in [0.25, 0.3) is 0 Å². The van der Waals surface area contributed by atoms with Crippen molar-refractivity contribution < 1.29 is 0 Å². The summed E-state index contributed by atoms with van der Waals surface area (Å²) in [5, 5.41) is 3.57. The monoisotopic (exact) mass is 181 g/mol. The average molecular weight is 181 g/mol. The molecule has 0 bridgehead atoms. The van der Waals surface area contributed by atoms with E-state index in [1.165, 1.54) is 32.4 Å². The van der Waals surface area contributed by atoms with Crippen molar-refractivity contribution >= 4 is 0 Å².